The molecular weight excluding hydrogens is 266 g/mol. The summed E-state index contributed by atoms with van der Waals surface area (Å²) in [5.41, 5.74) is 3.20. The van der Waals surface area contributed by atoms with E-state index in [4.69, 9.17) is 0 Å². The number of benzene rings is 1. The number of nitrogens with one attached hydrogen (secondary N) is 3. The first kappa shape index (κ1) is 11.7. The van der Waals surface area contributed by atoms with Gasteiger partial charge in [-0.05, 0) is 12.1 Å². The fraction of sp³-hybridized carbons (Fsp3) is 0. The second-order valence-electron chi connectivity index (χ2n) is 4.88. The SMILES string of the molecule is O=C1NC(=O)C(c2c[nH]c3ccccc23)=C1c1cc[nH]c1. The van der Waals surface area contributed by atoms with Gasteiger partial charge in [0.05, 0.1) is 11.1 Å². The van der Waals surface area contributed by atoms with Crippen LogP contribution in [0, 0.1) is 0 Å². The standard InChI is InChI=1S/C16H11N3O2/c20-15-13(9-5-6-17-7-9)14(16(21)19-15)11-8-18-12-4-2-1-3-10(11)12/h1-8,17-18H,(H,19,20,21). The van der Waals surface area contributed by atoms with E-state index in [2.05, 4.69) is 15.3 Å². The van der Waals surface area contributed by atoms with Gasteiger partial charge < -0.3 is 9.97 Å². The number of aromatic amines is 2. The van der Waals surface area contributed by atoms with Crippen LogP contribution >= 0.6 is 0 Å². The lowest BCUT2D eigenvalue weighted by Crippen LogP contribution is -2.22. The van der Waals surface area contributed by atoms with Crippen LogP contribution in [0.5, 0.6) is 0 Å². The molecule has 0 radical (unpaired) electrons. The average Bonchev–Trinajstić information content (AvgIpc) is 3.17. The minimum absolute atomic E-state index is 0.360. The summed E-state index contributed by atoms with van der Waals surface area (Å²) >= 11 is 0. The predicted molar refractivity (Wildman–Crippen MR) is 79.1 cm³/mol. The fourth-order valence-electron chi connectivity index (χ4n) is 2.75. The van der Waals surface area contributed by atoms with Crippen LogP contribution in [-0.2, 0) is 9.59 Å². The first-order valence-electron chi connectivity index (χ1n) is 6.55. The summed E-state index contributed by atoms with van der Waals surface area (Å²) in [6.07, 6.45) is 5.21. The highest BCUT2D eigenvalue weighted by molar-refractivity contribution is 6.50. The fourth-order valence-corrected chi connectivity index (χ4v) is 2.75. The van der Waals surface area contributed by atoms with Crippen molar-refractivity contribution in [2.24, 2.45) is 0 Å². The number of para-hydroxylation sites is 1. The Morgan fingerprint density at radius 3 is 2.48 bits per heavy atom. The molecule has 5 heteroatoms. The van der Waals surface area contributed by atoms with Gasteiger partial charge in [-0.1, -0.05) is 18.2 Å². The van der Waals surface area contributed by atoms with E-state index in [1.54, 1.807) is 24.7 Å². The van der Waals surface area contributed by atoms with Crippen LogP contribution < -0.4 is 5.32 Å². The molecular formula is C16H11N3O2. The maximum Gasteiger partial charge on any atom is 0.259 e. The van der Waals surface area contributed by atoms with Gasteiger partial charge in [0.1, 0.15) is 0 Å². The number of amides is 2. The van der Waals surface area contributed by atoms with E-state index in [-0.39, 0.29) is 11.8 Å². The number of carbonyl (C=O) groups is 2. The highest BCUT2D eigenvalue weighted by Crippen LogP contribution is 2.34. The summed E-state index contributed by atoms with van der Waals surface area (Å²) in [5.74, 6) is -0.721. The van der Waals surface area contributed by atoms with Crippen molar-refractivity contribution < 1.29 is 9.59 Å². The molecule has 0 spiro atoms. The van der Waals surface area contributed by atoms with Gasteiger partial charge in [-0.3, -0.25) is 14.9 Å². The highest BCUT2D eigenvalue weighted by Gasteiger charge is 2.33. The minimum Gasteiger partial charge on any atom is -0.367 e. The van der Waals surface area contributed by atoms with Crippen molar-refractivity contribution in [3.05, 3.63) is 60.0 Å². The smallest absolute Gasteiger partial charge is 0.259 e. The van der Waals surface area contributed by atoms with Crippen molar-refractivity contribution in [3.63, 3.8) is 0 Å². The van der Waals surface area contributed by atoms with Gasteiger partial charge in [0.25, 0.3) is 11.8 Å². The maximum absolute atomic E-state index is 12.2. The number of hydrogen-bond acceptors (Lipinski definition) is 2. The van der Waals surface area contributed by atoms with Gasteiger partial charge in [0.15, 0.2) is 0 Å². The lowest BCUT2D eigenvalue weighted by Gasteiger charge is -2.01. The van der Waals surface area contributed by atoms with Crippen molar-refractivity contribution in [2.45, 2.75) is 0 Å². The maximum atomic E-state index is 12.2. The number of H-pyrrole nitrogens is 2. The van der Waals surface area contributed by atoms with Crippen molar-refractivity contribution in [3.8, 4) is 0 Å². The molecule has 2 amide bonds. The molecule has 2 aromatic heterocycles. The van der Waals surface area contributed by atoms with Gasteiger partial charge in [-0.25, -0.2) is 0 Å². The van der Waals surface area contributed by atoms with E-state index >= 15 is 0 Å². The number of hydrogen-bond donors (Lipinski definition) is 3. The third-order valence-electron chi connectivity index (χ3n) is 3.68. The molecule has 0 bridgehead atoms. The van der Waals surface area contributed by atoms with Crippen molar-refractivity contribution in [1.29, 1.82) is 0 Å². The molecule has 1 aliphatic rings. The van der Waals surface area contributed by atoms with Gasteiger partial charge in [0.2, 0.25) is 0 Å². The van der Waals surface area contributed by atoms with E-state index in [1.165, 1.54) is 0 Å². The Morgan fingerprint density at radius 2 is 1.67 bits per heavy atom. The van der Waals surface area contributed by atoms with Crippen LogP contribution in [0.25, 0.3) is 22.0 Å². The Morgan fingerprint density at radius 1 is 0.857 bits per heavy atom. The van der Waals surface area contributed by atoms with E-state index in [0.29, 0.717) is 16.7 Å². The van der Waals surface area contributed by atoms with E-state index < -0.39 is 0 Å². The second-order valence-corrected chi connectivity index (χ2v) is 4.88. The van der Waals surface area contributed by atoms with E-state index in [0.717, 1.165) is 16.5 Å². The zero-order valence-corrected chi connectivity index (χ0v) is 10.9. The Balaban J connectivity index is 2.04. The summed E-state index contributed by atoms with van der Waals surface area (Å²) < 4.78 is 0. The van der Waals surface area contributed by atoms with Crippen LogP contribution in [0.4, 0.5) is 0 Å². The van der Waals surface area contributed by atoms with Gasteiger partial charge in [0, 0.05) is 40.6 Å². The molecule has 5 nitrogen and oxygen atoms in total. The third kappa shape index (κ3) is 1.64. The summed E-state index contributed by atoms with van der Waals surface area (Å²) in [6.45, 7) is 0. The molecule has 0 fully saturated rings. The third-order valence-corrected chi connectivity index (χ3v) is 3.68. The molecule has 0 saturated heterocycles. The van der Waals surface area contributed by atoms with Crippen LogP contribution in [0.15, 0.2) is 48.9 Å². The van der Waals surface area contributed by atoms with Crippen LogP contribution in [0.2, 0.25) is 0 Å². The lowest BCUT2D eigenvalue weighted by atomic mass is 9.97. The molecule has 1 aliphatic heterocycles. The Labute approximate surface area is 119 Å². The summed E-state index contributed by atoms with van der Waals surface area (Å²) in [6, 6.07) is 9.47. The minimum atomic E-state index is -0.361. The Hall–Kier alpha value is -3.08. The number of imide groups is 1. The van der Waals surface area contributed by atoms with Crippen LogP contribution in [-0.4, -0.2) is 21.8 Å². The monoisotopic (exact) mass is 277 g/mol. The van der Waals surface area contributed by atoms with Crippen LogP contribution in [0.1, 0.15) is 11.1 Å². The Bertz CT molecular complexity index is 901. The number of rotatable bonds is 2. The van der Waals surface area contributed by atoms with E-state index in [9.17, 15) is 9.59 Å². The zero-order chi connectivity index (χ0) is 14.4. The van der Waals surface area contributed by atoms with Gasteiger partial charge in [-0.15, -0.1) is 0 Å². The normalized spacial score (nSPS) is 15.0. The molecule has 0 saturated carbocycles. The Kier molecular flexibility index (Phi) is 2.35. The topological polar surface area (TPSA) is 77.8 Å². The highest BCUT2D eigenvalue weighted by atomic mass is 16.2. The molecule has 0 aliphatic carbocycles. The molecule has 4 rings (SSSR count). The van der Waals surface area contributed by atoms with Crippen molar-refractivity contribution in [1.82, 2.24) is 15.3 Å². The molecule has 0 atom stereocenters. The van der Waals surface area contributed by atoms with Gasteiger partial charge in [-0.2, -0.15) is 0 Å². The molecule has 3 heterocycles. The molecule has 3 N–H and O–H groups in total. The largest absolute Gasteiger partial charge is 0.367 e. The first-order valence-corrected chi connectivity index (χ1v) is 6.55. The number of carbonyl (C=O) groups excluding carboxylic acids is 2. The molecule has 1 aromatic carbocycles. The second kappa shape index (κ2) is 4.21. The predicted octanol–water partition coefficient (Wildman–Crippen LogP) is 2.06. The van der Waals surface area contributed by atoms with Crippen molar-refractivity contribution in [2.75, 3.05) is 0 Å². The summed E-state index contributed by atoms with van der Waals surface area (Å²) in [5, 5.41) is 3.30. The quantitative estimate of drug-likeness (QED) is 0.627. The molecule has 0 unspecified atom stereocenters. The van der Waals surface area contributed by atoms with E-state index in [1.807, 2.05) is 24.3 Å². The van der Waals surface area contributed by atoms with Gasteiger partial charge >= 0.3 is 0 Å². The molecule has 3 aromatic rings. The summed E-state index contributed by atoms with van der Waals surface area (Å²) in [7, 11) is 0. The summed E-state index contributed by atoms with van der Waals surface area (Å²) in [4.78, 5) is 30.4. The molecule has 102 valence electrons. The van der Waals surface area contributed by atoms with Crippen molar-refractivity contribution >= 4 is 33.9 Å². The average molecular weight is 277 g/mol. The molecule has 21 heavy (non-hydrogen) atoms. The number of aromatic nitrogens is 2. The zero-order valence-electron chi connectivity index (χ0n) is 10.9. The first-order chi connectivity index (χ1) is 10.3. The number of fused-ring (bicyclic) bond motifs is 1. The lowest BCUT2D eigenvalue weighted by molar-refractivity contribution is -0.122. The van der Waals surface area contributed by atoms with Crippen LogP contribution in [0.3, 0.4) is 0 Å².